The van der Waals surface area contributed by atoms with E-state index in [-0.39, 0.29) is 0 Å². The molecule has 3 heteroatoms. The third-order valence-electron chi connectivity index (χ3n) is 2.26. The van der Waals surface area contributed by atoms with Crippen molar-refractivity contribution in [3.05, 3.63) is 27.8 Å². The van der Waals surface area contributed by atoms with Crippen LogP contribution in [0, 0.1) is 3.57 Å². The van der Waals surface area contributed by atoms with Gasteiger partial charge in [0.15, 0.2) is 0 Å². The highest BCUT2D eigenvalue weighted by atomic mass is 127. The molecule has 1 fully saturated rings. The Balaban J connectivity index is 1.83. The summed E-state index contributed by atoms with van der Waals surface area (Å²) < 4.78 is 4.77. The van der Waals surface area contributed by atoms with Crippen molar-refractivity contribution in [3.8, 4) is 0 Å². The van der Waals surface area contributed by atoms with E-state index in [1.54, 1.807) is 11.9 Å². The van der Waals surface area contributed by atoms with Crippen LogP contribution < -0.4 is 4.72 Å². The Kier molecular flexibility index (Phi) is 3.51. The van der Waals surface area contributed by atoms with E-state index in [9.17, 15) is 0 Å². The molecule has 1 aliphatic rings. The molecule has 0 amide bonds. The molecule has 0 aromatic heterocycles. The molecule has 0 spiro atoms. The first-order chi connectivity index (χ1) is 6.34. The minimum Gasteiger partial charge on any atom is -0.257 e. The van der Waals surface area contributed by atoms with Crippen molar-refractivity contribution < 1.29 is 0 Å². The first-order valence-corrected chi connectivity index (χ1v) is 6.42. The third-order valence-corrected chi connectivity index (χ3v) is 3.94. The summed E-state index contributed by atoms with van der Waals surface area (Å²) in [6.07, 6.45) is 4.08. The molecule has 1 N–H and O–H groups in total. The normalized spacial score (nSPS) is 17.0. The van der Waals surface area contributed by atoms with Crippen LogP contribution in [0.15, 0.2) is 29.2 Å². The smallest absolute Gasteiger partial charge is 0.0228 e. The van der Waals surface area contributed by atoms with E-state index in [4.69, 9.17) is 0 Å². The van der Waals surface area contributed by atoms with E-state index in [0.717, 1.165) is 6.04 Å². The molecule has 1 aromatic carbocycles. The van der Waals surface area contributed by atoms with E-state index in [2.05, 4.69) is 51.6 Å². The largest absolute Gasteiger partial charge is 0.257 e. The zero-order valence-electron chi connectivity index (χ0n) is 7.29. The SMILES string of the molecule is Ic1ccc(SNC2CCC2)cc1. The molecule has 0 radical (unpaired) electrons. The van der Waals surface area contributed by atoms with Gasteiger partial charge in [-0.15, -0.1) is 0 Å². The fourth-order valence-electron chi connectivity index (χ4n) is 1.18. The Morgan fingerprint density at radius 2 is 1.92 bits per heavy atom. The highest BCUT2D eigenvalue weighted by Crippen LogP contribution is 2.24. The van der Waals surface area contributed by atoms with E-state index < -0.39 is 0 Å². The molecule has 0 unspecified atom stereocenters. The molecule has 0 heterocycles. The average Bonchev–Trinajstić information content (AvgIpc) is 2.05. The van der Waals surface area contributed by atoms with Gasteiger partial charge in [-0.05, 0) is 71.6 Å². The van der Waals surface area contributed by atoms with Crippen LogP contribution in [0.3, 0.4) is 0 Å². The monoisotopic (exact) mass is 305 g/mol. The zero-order chi connectivity index (χ0) is 9.10. The van der Waals surface area contributed by atoms with Crippen LogP contribution in [-0.2, 0) is 0 Å². The molecule has 0 bridgehead atoms. The first kappa shape index (κ1) is 9.80. The Morgan fingerprint density at radius 3 is 2.46 bits per heavy atom. The van der Waals surface area contributed by atoms with Crippen molar-refractivity contribution in [3.63, 3.8) is 0 Å². The number of hydrogen-bond donors (Lipinski definition) is 1. The van der Waals surface area contributed by atoms with Crippen LogP contribution in [0.5, 0.6) is 0 Å². The Morgan fingerprint density at radius 1 is 1.23 bits per heavy atom. The molecule has 13 heavy (non-hydrogen) atoms. The first-order valence-electron chi connectivity index (χ1n) is 4.52. The van der Waals surface area contributed by atoms with E-state index in [1.807, 2.05) is 0 Å². The second-order valence-corrected chi connectivity index (χ2v) is 5.46. The molecule has 0 aliphatic heterocycles. The lowest BCUT2D eigenvalue weighted by Gasteiger charge is -2.25. The van der Waals surface area contributed by atoms with Crippen molar-refractivity contribution >= 4 is 34.5 Å². The molecule has 0 atom stereocenters. The van der Waals surface area contributed by atoms with E-state index >= 15 is 0 Å². The van der Waals surface area contributed by atoms with Gasteiger partial charge in [0.2, 0.25) is 0 Å². The summed E-state index contributed by atoms with van der Waals surface area (Å²) in [5.74, 6) is 0. The summed E-state index contributed by atoms with van der Waals surface area (Å²) >= 11 is 4.09. The van der Waals surface area contributed by atoms with Crippen molar-refractivity contribution in [2.45, 2.75) is 30.2 Å². The Bertz CT molecular complexity index is 269. The number of hydrogen-bond acceptors (Lipinski definition) is 2. The lowest BCUT2D eigenvalue weighted by Crippen LogP contribution is -2.29. The highest BCUT2D eigenvalue weighted by molar-refractivity contribution is 14.1. The van der Waals surface area contributed by atoms with E-state index in [0.29, 0.717) is 0 Å². The van der Waals surface area contributed by atoms with Gasteiger partial charge >= 0.3 is 0 Å². The lowest BCUT2D eigenvalue weighted by atomic mass is 9.94. The second-order valence-electron chi connectivity index (χ2n) is 3.30. The molecule has 1 aromatic rings. The van der Waals surface area contributed by atoms with Gasteiger partial charge in [0.1, 0.15) is 0 Å². The molecular weight excluding hydrogens is 293 g/mol. The predicted octanol–water partition coefficient (Wildman–Crippen LogP) is 3.44. The summed E-state index contributed by atoms with van der Waals surface area (Å²) in [5.41, 5.74) is 0. The fourth-order valence-corrected chi connectivity index (χ4v) is 2.35. The van der Waals surface area contributed by atoms with Gasteiger partial charge in [-0.1, -0.05) is 6.42 Å². The van der Waals surface area contributed by atoms with Gasteiger partial charge in [0.25, 0.3) is 0 Å². The van der Waals surface area contributed by atoms with Crippen LogP contribution in [0.2, 0.25) is 0 Å². The topological polar surface area (TPSA) is 12.0 Å². The van der Waals surface area contributed by atoms with Gasteiger partial charge in [-0.2, -0.15) is 0 Å². The quantitative estimate of drug-likeness (QED) is 0.678. The Hall–Kier alpha value is 0.260. The average molecular weight is 305 g/mol. The Labute approximate surface area is 97.0 Å². The predicted molar refractivity (Wildman–Crippen MR) is 65.8 cm³/mol. The molecule has 1 saturated carbocycles. The maximum atomic E-state index is 3.47. The minimum absolute atomic E-state index is 0.754. The maximum Gasteiger partial charge on any atom is 0.0228 e. The molecule has 1 aliphatic carbocycles. The number of halogens is 1. The molecule has 0 saturated heterocycles. The van der Waals surface area contributed by atoms with Crippen LogP contribution in [-0.4, -0.2) is 6.04 Å². The minimum atomic E-state index is 0.754. The lowest BCUT2D eigenvalue weighted by molar-refractivity contribution is 0.395. The van der Waals surface area contributed by atoms with Crippen molar-refractivity contribution in [1.82, 2.24) is 4.72 Å². The van der Waals surface area contributed by atoms with Crippen LogP contribution in [0.25, 0.3) is 0 Å². The molecule has 2 rings (SSSR count). The molecular formula is C10H12INS. The summed E-state index contributed by atoms with van der Waals surface area (Å²) in [6.45, 7) is 0. The fraction of sp³-hybridized carbons (Fsp3) is 0.400. The summed E-state index contributed by atoms with van der Waals surface area (Å²) in [7, 11) is 0. The number of benzene rings is 1. The summed E-state index contributed by atoms with van der Waals surface area (Å²) in [4.78, 5) is 1.31. The van der Waals surface area contributed by atoms with Crippen LogP contribution in [0.1, 0.15) is 19.3 Å². The number of nitrogens with one attached hydrogen (secondary N) is 1. The summed E-state index contributed by atoms with van der Waals surface area (Å²) in [6, 6.07) is 9.37. The van der Waals surface area contributed by atoms with Crippen LogP contribution in [0.4, 0.5) is 0 Å². The van der Waals surface area contributed by atoms with Crippen molar-refractivity contribution in [2.24, 2.45) is 0 Å². The van der Waals surface area contributed by atoms with E-state index in [1.165, 1.54) is 27.7 Å². The summed E-state index contributed by atoms with van der Waals surface area (Å²) in [5, 5.41) is 0. The zero-order valence-corrected chi connectivity index (χ0v) is 10.3. The van der Waals surface area contributed by atoms with Gasteiger partial charge in [-0.25, -0.2) is 0 Å². The van der Waals surface area contributed by atoms with Crippen molar-refractivity contribution in [1.29, 1.82) is 0 Å². The third kappa shape index (κ3) is 2.86. The van der Waals surface area contributed by atoms with Gasteiger partial charge in [0, 0.05) is 14.5 Å². The highest BCUT2D eigenvalue weighted by Gasteiger charge is 2.16. The van der Waals surface area contributed by atoms with Gasteiger partial charge in [-0.3, -0.25) is 4.72 Å². The second kappa shape index (κ2) is 4.66. The standard InChI is InChI=1S/C10H12INS/c11-8-4-6-10(7-5-8)13-12-9-2-1-3-9/h4-7,9,12H,1-3H2. The molecule has 1 nitrogen and oxygen atoms in total. The maximum absolute atomic E-state index is 3.47. The number of rotatable bonds is 3. The molecule has 70 valence electrons. The van der Waals surface area contributed by atoms with Crippen molar-refractivity contribution in [2.75, 3.05) is 0 Å². The van der Waals surface area contributed by atoms with Gasteiger partial charge in [0.05, 0.1) is 0 Å². The van der Waals surface area contributed by atoms with Crippen LogP contribution >= 0.6 is 34.5 Å². The van der Waals surface area contributed by atoms with Gasteiger partial charge < -0.3 is 0 Å².